The summed E-state index contributed by atoms with van der Waals surface area (Å²) < 4.78 is 0. The molecule has 0 aliphatic heterocycles. The van der Waals surface area contributed by atoms with Gasteiger partial charge < -0.3 is 10.7 Å². The van der Waals surface area contributed by atoms with Gasteiger partial charge in [0.25, 0.3) is 0 Å². The maximum Gasteiger partial charge on any atom is 0.226 e. The summed E-state index contributed by atoms with van der Waals surface area (Å²) in [5, 5.41) is 0.113. The van der Waals surface area contributed by atoms with Crippen LogP contribution in [-0.2, 0) is 0 Å². The number of nitrogen functional groups attached to an aromatic ring is 1. The Morgan fingerprint density at radius 3 is 2.92 bits per heavy atom. The molecule has 0 amide bonds. The molecule has 0 aliphatic carbocycles. The second kappa shape index (κ2) is 3.99. The Morgan fingerprint density at radius 2 is 2.17 bits per heavy atom. The smallest absolute Gasteiger partial charge is 0.226 e. The zero-order chi connectivity index (χ0) is 7.84. The zero-order valence-corrected chi connectivity index (χ0v) is 10.3. The third-order valence-electron chi connectivity index (χ3n) is 1.29. The first-order chi connectivity index (χ1) is 5.27. The van der Waals surface area contributed by atoms with Crippen molar-refractivity contribution in [3.8, 4) is 0 Å². The molecule has 3 N–H and O–H groups in total. The van der Waals surface area contributed by atoms with Gasteiger partial charge in [-0.25, -0.2) is 4.98 Å². The number of nitrogens with zero attached hydrogens (tertiary/aromatic N) is 3. The van der Waals surface area contributed by atoms with Gasteiger partial charge in [-0.15, -0.1) is 0 Å². The number of imidazole rings is 1. The Balaban J connectivity index is 0.000000720. The van der Waals surface area contributed by atoms with Crippen LogP contribution in [0.3, 0.4) is 0 Å². The summed E-state index contributed by atoms with van der Waals surface area (Å²) >= 11 is 5.52. The topological polar surface area (TPSA) is 80.5 Å². The van der Waals surface area contributed by atoms with Gasteiger partial charge in [0, 0.05) is 51.4 Å². The predicted octanol–water partition coefficient (Wildman–Crippen LogP) is 0.208. The summed E-state index contributed by atoms with van der Waals surface area (Å²) in [5.41, 5.74) is 6.60. The second-order valence-electron chi connectivity index (χ2n) is 1.98. The molecule has 57 valence electrons. The molecule has 12 heavy (non-hydrogen) atoms. The van der Waals surface area contributed by atoms with Crippen LogP contribution in [0.25, 0.3) is 11.2 Å². The number of aromatic amines is 1. The fraction of sp³-hybridized carbons (Fsp3) is 0. The molecular formula is C5H4ClKN5. The Morgan fingerprint density at radius 1 is 1.42 bits per heavy atom. The van der Waals surface area contributed by atoms with E-state index in [9.17, 15) is 0 Å². The number of hydrogen-bond acceptors (Lipinski definition) is 4. The average molecular weight is 209 g/mol. The molecular weight excluding hydrogens is 205 g/mol. The summed E-state index contributed by atoms with van der Waals surface area (Å²) in [6, 6.07) is 0. The summed E-state index contributed by atoms with van der Waals surface area (Å²) in [5.74, 6) is 0.317. The molecule has 0 unspecified atom stereocenters. The normalized spacial score (nSPS) is 9.75. The molecule has 0 atom stereocenters. The van der Waals surface area contributed by atoms with Gasteiger partial charge in [0.15, 0.2) is 11.5 Å². The van der Waals surface area contributed by atoms with Crippen LogP contribution >= 0.6 is 11.6 Å². The van der Waals surface area contributed by atoms with Gasteiger partial charge in [0.1, 0.15) is 5.52 Å². The van der Waals surface area contributed by atoms with E-state index in [1.807, 2.05) is 0 Å². The molecule has 1 radical (unpaired) electrons. The monoisotopic (exact) mass is 208 g/mol. The van der Waals surface area contributed by atoms with Crippen molar-refractivity contribution in [1.82, 2.24) is 19.9 Å². The first-order valence-corrected chi connectivity index (χ1v) is 3.27. The van der Waals surface area contributed by atoms with Crippen LogP contribution in [0.4, 0.5) is 5.82 Å². The number of anilines is 1. The Hall–Kier alpha value is 0.276. The van der Waals surface area contributed by atoms with Gasteiger partial charge in [0.05, 0.1) is 6.33 Å². The number of fused-ring (bicyclic) bond motifs is 1. The third-order valence-corrected chi connectivity index (χ3v) is 1.46. The van der Waals surface area contributed by atoms with Crippen LogP contribution < -0.4 is 5.73 Å². The molecule has 5 nitrogen and oxygen atoms in total. The molecule has 0 bridgehead atoms. The van der Waals surface area contributed by atoms with Gasteiger partial charge in [-0.1, -0.05) is 0 Å². The van der Waals surface area contributed by atoms with Crippen molar-refractivity contribution >= 4 is 80.0 Å². The Kier molecular flexibility index (Phi) is 3.44. The minimum absolute atomic E-state index is 0. The van der Waals surface area contributed by atoms with Crippen LogP contribution in [0.5, 0.6) is 0 Å². The number of halogens is 1. The standard InChI is InChI=1S/C5H4ClN5.K/c6-5-10-3(7)2-4(11-5)9-1-8-2;/h1H,(H3,7,8,9,10,11);. The summed E-state index contributed by atoms with van der Waals surface area (Å²) in [6.07, 6.45) is 1.49. The van der Waals surface area contributed by atoms with Crippen molar-refractivity contribution in [2.75, 3.05) is 5.73 Å². The second-order valence-corrected chi connectivity index (χ2v) is 2.32. The van der Waals surface area contributed by atoms with Gasteiger partial charge in [0.2, 0.25) is 5.28 Å². The number of hydrogen-bond donors (Lipinski definition) is 2. The fourth-order valence-corrected chi connectivity index (χ4v) is 0.999. The molecule has 2 heterocycles. The molecule has 0 aromatic carbocycles. The van der Waals surface area contributed by atoms with Gasteiger partial charge in [-0.2, -0.15) is 9.97 Å². The van der Waals surface area contributed by atoms with Crippen molar-refractivity contribution in [1.29, 1.82) is 0 Å². The Bertz CT molecular complexity index is 400. The molecule has 0 spiro atoms. The van der Waals surface area contributed by atoms with E-state index in [-0.39, 0.29) is 56.7 Å². The van der Waals surface area contributed by atoms with Crippen molar-refractivity contribution in [2.24, 2.45) is 0 Å². The first kappa shape index (κ1) is 10.4. The van der Waals surface area contributed by atoms with E-state index in [0.29, 0.717) is 17.0 Å². The molecule has 0 saturated heterocycles. The fourth-order valence-electron chi connectivity index (χ4n) is 0.828. The van der Waals surface area contributed by atoms with E-state index < -0.39 is 0 Å². The molecule has 0 aliphatic rings. The van der Waals surface area contributed by atoms with E-state index >= 15 is 0 Å². The van der Waals surface area contributed by atoms with Gasteiger partial charge >= 0.3 is 0 Å². The van der Waals surface area contributed by atoms with E-state index in [0.717, 1.165) is 0 Å². The number of aromatic nitrogens is 4. The quantitative estimate of drug-likeness (QED) is 0.479. The van der Waals surface area contributed by atoms with E-state index in [1.165, 1.54) is 6.33 Å². The van der Waals surface area contributed by atoms with Gasteiger partial charge in [-0.3, -0.25) is 0 Å². The molecule has 2 aromatic heterocycles. The summed E-state index contributed by atoms with van der Waals surface area (Å²) in [4.78, 5) is 14.2. The van der Waals surface area contributed by atoms with E-state index in [4.69, 9.17) is 17.3 Å². The van der Waals surface area contributed by atoms with Crippen molar-refractivity contribution < 1.29 is 0 Å². The minimum Gasteiger partial charge on any atom is -0.382 e. The van der Waals surface area contributed by atoms with Crippen molar-refractivity contribution in [2.45, 2.75) is 0 Å². The van der Waals surface area contributed by atoms with Crippen molar-refractivity contribution in [3.05, 3.63) is 11.6 Å². The third kappa shape index (κ3) is 1.78. The number of nitrogens with one attached hydrogen (secondary N) is 1. The average Bonchev–Trinajstić information content (AvgIpc) is 2.34. The molecule has 7 heteroatoms. The van der Waals surface area contributed by atoms with Crippen LogP contribution in [0.1, 0.15) is 0 Å². The number of nitrogens with two attached hydrogens (primary N) is 1. The van der Waals surface area contributed by atoms with Gasteiger partial charge in [-0.05, 0) is 11.6 Å². The van der Waals surface area contributed by atoms with Crippen LogP contribution in [0.15, 0.2) is 6.33 Å². The maximum atomic E-state index is 5.52. The zero-order valence-electron chi connectivity index (χ0n) is 6.37. The molecule has 2 aromatic rings. The van der Waals surface area contributed by atoms with Crippen LogP contribution in [0.2, 0.25) is 5.28 Å². The van der Waals surface area contributed by atoms with E-state index in [2.05, 4.69) is 19.9 Å². The SMILES string of the molecule is Nc1nc(Cl)nc2nc[nH]c12.[K]. The maximum absolute atomic E-state index is 5.52. The number of H-pyrrole nitrogens is 1. The molecule has 2 rings (SSSR count). The Labute approximate surface area is 116 Å². The van der Waals surface area contributed by atoms with Crippen LogP contribution in [0, 0.1) is 0 Å². The number of rotatable bonds is 0. The van der Waals surface area contributed by atoms with Crippen LogP contribution in [-0.4, -0.2) is 71.3 Å². The first-order valence-electron chi connectivity index (χ1n) is 2.89. The predicted molar refractivity (Wildman–Crippen MR) is 46.9 cm³/mol. The molecule has 0 fully saturated rings. The van der Waals surface area contributed by atoms with Crippen molar-refractivity contribution in [3.63, 3.8) is 0 Å². The largest absolute Gasteiger partial charge is 0.382 e. The van der Waals surface area contributed by atoms with E-state index in [1.54, 1.807) is 0 Å². The summed E-state index contributed by atoms with van der Waals surface area (Å²) in [6.45, 7) is 0. The molecule has 0 saturated carbocycles. The summed E-state index contributed by atoms with van der Waals surface area (Å²) in [7, 11) is 0. The minimum atomic E-state index is 0.